The van der Waals surface area contributed by atoms with Crippen LogP contribution in [0.5, 0.6) is 0 Å². The maximum Gasteiger partial charge on any atom is 0.306 e. The van der Waals surface area contributed by atoms with Gasteiger partial charge in [0.1, 0.15) is 5.82 Å². The second kappa shape index (κ2) is 11.7. The summed E-state index contributed by atoms with van der Waals surface area (Å²) >= 11 is 0. The number of aromatic nitrogens is 2. The van der Waals surface area contributed by atoms with Gasteiger partial charge in [0.25, 0.3) is 5.91 Å². The summed E-state index contributed by atoms with van der Waals surface area (Å²) in [5.74, 6) is -0.352. The summed E-state index contributed by atoms with van der Waals surface area (Å²) in [6.07, 6.45) is 11.5. The van der Waals surface area contributed by atoms with Gasteiger partial charge in [0.2, 0.25) is 0 Å². The van der Waals surface area contributed by atoms with Crippen LogP contribution >= 0.6 is 0 Å². The van der Waals surface area contributed by atoms with E-state index in [1.54, 1.807) is 18.0 Å². The zero-order valence-corrected chi connectivity index (χ0v) is 24.1. The van der Waals surface area contributed by atoms with Crippen molar-refractivity contribution in [3.05, 3.63) is 59.3 Å². The lowest BCUT2D eigenvalue weighted by atomic mass is 9.82. The summed E-state index contributed by atoms with van der Waals surface area (Å²) in [5.41, 5.74) is 4.24. The van der Waals surface area contributed by atoms with E-state index in [0.29, 0.717) is 23.1 Å². The van der Waals surface area contributed by atoms with E-state index < -0.39 is 11.8 Å². The lowest BCUT2D eigenvalue weighted by Crippen LogP contribution is -2.33. The molecule has 1 amide bonds. The molecule has 1 aliphatic heterocycles. The van der Waals surface area contributed by atoms with Gasteiger partial charge in [-0.1, -0.05) is 0 Å². The molecule has 5 rings (SSSR count). The molecule has 1 atom stereocenters. The Morgan fingerprint density at radius 3 is 2.58 bits per heavy atom. The van der Waals surface area contributed by atoms with Crippen molar-refractivity contribution in [1.29, 1.82) is 0 Å². The number of pyridine rings is 1. The Morgan fingerprint density at radius 2 is 1.88 bits per heavy atom. The molecule has 0 unspecified atom stereocenters. The van der Waals surface area contributed by atoms with Crippen molar-refractivity contribution in [2.75, 3.05) is 26.7 Å². The first-order valence-electron chi connectivity index (χ1n) is 14.6. The standard InChI is InChI=1S/C32H41FN4O3/c1-20(2)35(4)31(38)27-14-26(33)9-10-28(27)37-19-25(30-21(3)15-34-16-29(30)37)13-23-11-12-36(18-23)17-22-5-7-24(8-6-22)32(39)40/h9-10,14-16,19-20,22-24H,5-8,11-13,17-18H2,1-4H3,(H,39,40)/t22?,23-,24?/m1/s1. The van der Waals surface area contributed by atoms with Crippen molar-refractivity contribution >= 4 is 22.8 Å². The van der Waals surface area contributed by atoms with Crippen LogP contribution in [0, 0.1) is 30.5 Å². The van der Waals surface area contributed by atoms with Gasteiger partial charge in [-0.3, -0.25) is 14.6 Å². The van der Waals surface area contributed by atoms with Crippen LogP contribution in [0.3, 0.4) is 0 Å². The number of likely N-dealkylation sites (tertiary alicyclic amines) is 1. The molecule has 2 aromatic heterocycles. The molecule has 1 aliphatic carbocycles. The van der Waals surface area contributed by atoms with Crippen LogP contribution in [0.1, 0.15) is 67.4 Å². The topological polar surface area (TPSA) is 78.7 Å². The largest absolute Gasteiger partial charge is 0.481 e. The Labute approximate surface area is 236 Å². The number of carboxylic acid groups (broad SMARTS) is 1. The van der Waals surface area contributed by atoms with E-state index in [4.69, 9.17) is 0 Å². The van der Waals surface area contributed by atoms with Gasteiger partial charge < -0.3 is 19.5 Å². The van der Waals surface area contributed by atoms with Gasteiger partial charge in [0.15, 0.2) is 0 Å². The normalized spacial score (nSPS) is 21.8. The lowest BCUT2D eigenvalue weighted by molar-refractivity contribution is -0.143. The van der Waals surface area contributed by atoms with Gasteiger partial charge in [-0.2, -0.15) is 0 Å². The van der Waals surface area contributed by atoms with E-state index >= 15 is 0 Å². The number of amides is 1. The number of aliphatic carboxylic acids is 1. The third-order valence-corrected chi connectivity index (χ3v) is 9.12. The maximum atomic E-state index is 14.4. The van der Waals surface area contributed by atoms with Crippen LogP contribution in [0.2, 0.25) is 0 Å². The van der Waals surface area contributed by atoms with Crippen molar-refractivity contribution in [2.24, 2.45) is 17.8 Å². The lowest BCUT2D eigenvalue weighted by Gasteiger charge is -2.29. The summed E-state index contributed by atoms with van der Waals surface area (Å²) in [4.78, 5) is 33.3. The second-order valence-electron chi connectivity index (χ2n) is 12.2. The monoisotopic (exact) mass is 548 g/mol. The van der Waals surface area contributed by atoms with E-state index in [1.807, 2.05) is 30.8 Å². The third kappa shape index (κ3) is 5.78. The van der Waals surface area contributed by atoms with Gasteiger partial charge in [-0.05, 0) is 107 Å². The molecule has 0 bridgehead atoms. The van der Waals surface area contributed by atoms with Crippen LogP contribution in [-0.4, -0.2) is 69.1 Å². The van der Waals surface area contributed by atoms with E-state index in [9.17, 15) is 19.1 Å². The van der Waals surface area contributed by atoms with E-state index in [2.05, 4.69) is 23.0 Å². The van der Waals surface area contributed by atoms with Crippen LogP contribution in [0.25, 0.3) is 16.6 Å². The second-order valence-corrected chi connectivity index (χ2v) is 12.2. The van der Waals surface area contributed by atoms with Gasteiger partial charge >= 0.3 is 5.97 Å². The molecular formula is C32H41FN4O3. The first-order chi connectivity index (χ1) is 19.1. The highest BCUT2D eigenvalue weighted by molar-refractivity contribution is 5.99. The highest BCUT2D eigenvalue weighted by Gasteiger charge is 2.30. The Morgan fingerprint density at radius 1 is 1.12 bits per heavy atom. The molecule has 3 heterocycles. The van der Waals surface area contributed by atoms with Crippen LogP contribution in [0.4, 0.5) is 4.39 Å². The fraction of sp³-hybridized carbons (Fsp3) is 0.531. The molecule has 1 aromatic carbocycles. The van der Waals surface area contributed by atoms with Crippen molar-refractivity contribution in [2.45, 2.75) is 65.3 Å². The SMILES string of the molecule is Cc1cncc2c1c(C[C@H]1CCN(CC3CCC(C(=O)O)CC3)C1)cn2-c1ccc(F)cc1C(=O)N(C)C(C)C. The highest BCUT2D eigenvalue weighted by Crippen LogP contribution is 2.34. The van der Waals surface area contributed by atoms with Gasteiger partial charge in [-0.25, -0.2) is 4.39 Å². The number of hydrogen-bond acceptors (Lipinski definition) is 4. The van der Waals surface area contributed by atoms with E-state index in [0.717, 1.165) is 74.6 Å². The predicted molar refractivity (Wildman–Crippen MR) is 154 cm³/mol. The Kier molecular flexibility index (Phi) is 8.26. The molecule has 214 valence electrons. The van der Waals surface area contributed by atoms with E-state index in [-0.39, 0.29) is 17.9 Å². The Bertz CT molecular complexity index is 1390. The number of halogens is 1. The van der Waals surface area contributed by atoms with Crippen molar-refractivity contribution in [1.82, 2.24) is 19.4 Å². The first-order valence-corrected chi connectivity index (χ1v) is 14.6. The highest BCUT2D eigenvalue weighted by atomic mass is 19.1. The summed E-state index contributed by atoms with van der Waals surface area (Å²) in [7, 11) is 1.75. The van der Waals surface area contributed by atoms with Crippen molar-refractivity contribution in [3.63, 3.8) is 0 Å². The number of rotatable bonds is 8. The number of carboxylic acids is 1. The molecule has 3 aromatic rings. The molecule has 1 saturated carbocycles. The number of hydrogen-bond donors (Lipinski definition) is 1. The minimum Gasteiger partial charge on any atom is -0.481 e. The molecular weight excluding hydrogens is 507 g/mol. The average molecular weight is 549 g/mol. The zero-order chi connectivity index (χ0) is 28.6. The predicted octanol–water partition coefficient (Wildman–Crippen LogP) is 5.71. The van der Waals surface area contributed by atoms with Gasteiger partial charge in [-0.15, -0.1) is 0 Å². The van der Waals surface area contributed by atoms with Crippen molar-refractivity contribution in [3.8, 4) is 5.69 Å². The minimum absolute atomic E-state index is 0.0120. The van der Waals surface area contributed by atoms with Gasteiger partial charge in [0.05, 0.1) is 28.9 Å². The van der Waals surface area contributed by atoms with Gasteiger partial charge in [0, 0.05) is 44.0 Å². The number of carbonyl (C=O) groups excluding carboxylic acids is 1. The van der Waals surface area contributed by atoms with Crippen molar-refractivity contribution < 1.29 is 19.1 Å². The third-order valence-electron chi connectivity index (χ3n) is 9.12. The Hall–Kier alpha value is -3.26. The molecule has 2 fully saturated rings. The molecule has 2 aliphatic rings. The molecule has 40 heavy (non-hydrogen) atoms. The van der Waals surface area contributed by atoms with Crippen LogP contribution in [-0.2, 0) is 11.2 Å². The fourth-order valence-corrected chi connectivity index (χ4v) is 6.62. The van der Waals surface area contributed by atoms with Crippen LogP contribution < -0.4 is 0 Å². The first kappa shape index (κ1) is 28.3. The minimum atomic E-state index is -0.645. The number of fused-ring (bicyclic) bond motifs is 1. The number of carbonyl (C=O) groups is 2. The quantitative estimate of drug-likeness (QED) is 0.390. The summed E-state index contributed by atoms with van der Waals surface area (Å²) in [5, 5.41) is 10.5. The molecule has 1 N–H and O–H groups in total. The summed E-state index contributed by atoms with van der Waals surface area (Å²) in [6, 6.07) is 4.43. The Balaban J connectivity index is 1.38. The summed E-state index contributed by atoms with van der Waals surface area (Å²) < 4.78 is 16.4. The average Bonchev–Trinajstić information content (AvgIpc) is 3.53. The molecule has 0 radical (unpaired) electrons. The molecule has 8 heteroatoms. The maximum absolute atomic E-state index is 14.4. The number of nitrogens with zero attached hydrogens (tertiary/aromatic N) is 4. The van der Waals surface area contributed by atoms with E-state index in [1.165, 1.54) is 17.7 Å². The molecule has 0 spiro atoms. The molecule has 1 saturated heterocycles. The van der Waals surface area contributed by atoms with Crippen LogP contribution in [0.15, 0.2) is 36.8 Å². The number of aryl methyl sites for hydroxylation is 1. The summed E-state index contributed by atoms with van der Waals surface area (Å²) in [6.45, 7) is 9.12. The smallest absolute Gasteiger partial charge is 0.306 e. The zero-order valence-electron chi connectivity index (χ0n) is 24.1. The molecule has 7 nitrogen and oxygen atoms in total. The number of benzene rings is 1. The fourth-order valence-electron chi connectivity index (χ4n) is 6.62.